The maximum absolute atomic E-state index is 10.5. The summed E-state index contributed by atoms with van der Waals surface area (Å²) < 4.78 is 0. The molecule has 3 unspecified atom stereocenters. The Morgan fingerprint density at radius 1 is 1.22 bits per heavy atom. The zero-order valence-corrected chi connectivity index (χ0v) is 10.2. The molecule has 0 bridgehead atoms. The van der Waals surface area contributed by atoms with E-state index in [9.17, 15) is 15.2 Å². The molecule has 2 fully saturated rings. The zero-order chi connectivity index (χ0) is 12.7. The molecule has 0 heterocycles. The lowest BCUT2D eigenvalue weighted by molar-refractivity contribution is -0.384. The van der Waals surface area contributed by atoms with Crippen LogP contribution in [0.4, 0.5) is 5.69 Å². The van der Waals surface area contributed by atoms with Gasteiger partial charge in [-0.1, -0.05) is 12.1 Å². The predicted molar refractivity (Wildman–Crippen MR) is 67.1 cm³/mol. The Hall–Kier alpha value is -1.42. The van der Waals surface area contributed by atoms with Crippen molar-refractivity contribution >= 4 is 5.69 Å². The van der Waals surface area contributed by atoms with Crippen molar-refractivity contribution in [3.63, 3.8) is 0 Å². The number of nitro groups is 1. The Morgan fingerprint density at radius 3 is 2.39 bits per heavy atom. The van der Waals surface area contributed by atoms with Crippen molar-refractivity contribution in [2.45, 2.75) is 31.8 Å². The van der Waals surface area contributed by atoms with Gasteiger partial charge in [-0.15, -0.1) is 0 Å². The molecule has 0 aliphatic heterocycles. The van der Waals surface area contributed by atoms with Crippen LogP contribution in [0.3, 0.4) is 0 Å². The van der Waals surface area contributed by atoms with E-state index in [0.29, 0.717) is 12.3 Å². The molecule has 0 saturated heterocycles. The van der Waals surface area contributed by atoms with Gasteiger partial charge in [0.15, 0.2) is 0 Å². The summed E-state index contributed by atoms with van der Waals surface area (Å²) in [5.41, 5.74) is 1.09. The van der Waals surface area contributed by atoms with Crippen molar-refractivity contribution in [3.05, 3.63) is 39.9 Å². The van der Waals surface area contributed by atoms with Crippen LogP contribution >= 0.6 is 0 Å². The predicted octanol–water partition coefficient (Wildman–Crippen LogP) is 2.54. The number of rotatable bonds is 4. The number of nitro benzene ring substituents is 1. The number of hydrogen-bond acceptors (Lipinski definition) is 3. The lowest BCUT2D eigenvalue weighted by atomic mass is 9.92. The Bertz CT molecular complexity index is 447. The highest BCUT2D eigenvalue weighted by Crippen LogP contribution is 2.55. The smallest absolute Gasteiger partial charge is 0.269 e. The van der Waals surface area contributed by atoms with Crippen molar-refractivity contribution < 1.29 is 10.0 Å². The quantitative estimate of drug-likeness (QED) is 0.657. The second kappa shape index (κ2) is 4.35. The molecule has 18 heavy (non-hydrogen) atoms. The van der Waals surface area contributed by atoms with Crippen LogP contribution in [0.2, 0.25) is 0 Å². The average Bonchev–Trinajstić information content (AvgIpc) is 2.96. The lowest BCUT2D eigenvalue weighted by Gasteiger charge is -2.19. The molecule has 0 aromatic heterocycles. The molecule has 4 heteroatoms. The van der Waals surface area contributed by atoms with E-state index in [1.807, 2.05) is 0 Å². The summed E-state index contributed by atoms with van der Waals surface area (Å²) in [6.45, 7) is 0. The minimum atomic E-state index is -0.398. The lowest BCUT2D eigenvalue weighted by Crippen LogP contribution is -2.21. The minimum Gasteiger partial charge on any atom is -0.392 e. The van der Waals surface area contributed by atoms with Gasteiger partial charge in [0, 0.05) is 12.1 Å². The van der Waals surface area contributed by atoms with E-state index < -0.39 is 4.92 Å². The van der Waals surface area contributed by atoms with Gasteiger partial charge in [0.25, 0.3) is 5.69 Å². The van der Waals surface area contributed by atoms with Gasteiger partial charge in [0.1, 0.15) is 0 Å². The second-order valence-corrected chi connectivity index (χ2v) is 5.68. The Labute approximate surface area is 106 Å². The van der Waals surface area contributed by atoms with Gasteiger partial charge in [0.2, 0.25) is 0 Å². The molecule has 1 aromatic rings. The maximum atomic E-state index is 10.5. The van der Waals surface area contributed by atoms with Crippen molar-refractivity contribution in [2.24, 2.45) is 17.8 Å². The van der Waals surface area contributed by atoms with Crippen molar-refractivity contribution in [1.29, 1.82) is 0 Å². The van der Waals surface area contributed by atoms with Gasteiger partial charge in [-0.2, -0.15) is 0 Å². The van der Waals surface area contributed by atoms with Crippen LogP contribution in [0.1, 0.15) is 24.8 Å². The normalized spacial score (nSPS) is 30.8. The van der Waals surface area contributed by atoms with Gasteiger partial charge in [-0.3, -0.25) is 10.1 Å². The van der Waals surface area contributed by atoms with Crippen LogP contribution in [-0.2, 0) is 6.42 Å². The van der Waals surface area contributed by atoms with Crippen LogP contribution in [0.15, 0.2) is 24.3 Å². The van der Waals surface area contributed by atoms with Crippen molar-refractivity contribution in [2.75, 3.05) is 0 Å². The van der Waals surface area contributed by atoms with Crippen LogP contribution in [-0.4, -0.2) is 16.1 Å². The largest absolute Gasteiger partial charge is 0.392 e. The first kappa shape index (κ1) is 11.7. The number of nitrogens with zero attached hydrogens (tertiary/aromatic N) is 1. The number of non-ortho nitro benzene ring substituents is 1. The molecule has 1 aromatic carbocycles. The molecule has 4 nitrogen and oxygen atoms in total. The summed E-state index contributed by atoms with van der Waals surface area (Å²) in [6, 6.07) is 6.51. The monoisotopic (exact) mass is 247 g/mol. The van der Waals surface area contributed by atoms with Crippen molar-refractivity contribution in [3.8, 4) is 0 Å². The highest BCUT2D eigenvalue weighted by Gasteiger charge is 2.47. The highest BCUT2D eigenvalue weighted by atomic mass is 16.6. The number of aliphatic hydroxyl groups is 1. The van der Waals surface area contributed by atoms with Crippen LogP contribution in [0.25, 0.3) is 0 Å². The molecule has 0 spiro atoms. The SMILES string of the molecule is O=[N+]([O-])c1ccc(CC(O)C2CC3CC3C2)cc1. The first-order valence-electron chi connectivity index (χ1n) is 6.55. The third kappa shape index (κ3) is 2.25. The molecule has 3 rings (SSSR count). The fraction of sp³-hybridized carbons (Fsp3) is 0.571. The standard InChI is InChI=1S/C14H17NO3/c16-14(12-7-10-6-11(10)8-12)5-9-1-3-13(4-2-9)15(17)18/h1-4,10-12,14,16H,5-8H2. The molecular weight excluding hydrogens is 230 g/mol. The zero-order valence-electron chi connectivity index (χ0n) is 10.2. The molecule has 96 valence electrons. The number of fused-ring (bicyclic) bond motifs is 1. The fourth-order valence-corrected chi connectivity index (χ4v) is 3.24. The van der Waals surface area contributed by atoms with E-state index in [-0.39, 0.29) is 11.8 Å². The van der Waals surface area contributed by atoms with Crippen LogP contribution < -0.4 is 0 Å². The average molecular weight is 247 g/mol. The fourth-order valence-electron chi connectivity index (χ4n) is 3.24. The summed E-state index contributed by atoms with van der Waals surface area (Å²) in [6.07, 6.45) is 4.01. The topological polar surface area (TPSA) is 63.4 Å². The summed E-state index contributed by atoms with van der Waals surface area (Å²) in [4.78, 5) is 10.1. The van der Waals surface area contributed by atoms with Gasteiger partial charge >= 0.3 is 0 Å². The Balaban J connectivity index is 1.59. The molecule has 2 aliphatic carbocycles. The van der Waals surface area contributed by atoms with E-state index in [1.165, 1.54) is 31.4 Å². The van der Waals surface area contributed by atoms with E-state index in [1.54, 1.807) is 12.1 Å². The van der Waals surface area contributed by atoms with Gasteiger partial charge in [-0.25, -0.2) is 0 Å². The molecule has 1 N–H and O–H groups in total. The molecule has 0 amide bonds. The summed E-state index contributed by atoms with van der Waals surface area (Å²) >= 11 is 0. The van der Waals surface area contributed by atoms with Gasteiger partial charge in [0.05, 0.1) is 11.0 Å². The van der Waals surface area contributed by atoms with Crippen LogP contribution in [0.5, 0.6) is 0 Å². The van der Waals surface area contributed by atoms with E-state index >= 15 is 0 Å². The molecule has 2 aliphatic rings. The van der Waals surface area contributed by atoms with Crippen molar-refractivity contribution in [1.82, 2.24) is 0 Å². The van der Waals surface area contributed by atoms with Gasteiger partial charge in [-0.05, 0) is 49.0 Å². The first-order chi connectivity index (χ1) is 8.63. The molecule has 3 atom stereocenters. The summed E-state index contributed by atoms with van der Waals surface area (Å²) in [7, 11) is 0. The Morgan fingerprint density at radius 2 is 1.83 bits per heavy atom. The Kier molecular flexibility index (Phi) is 2.82. The number of aliphatic hydroxyl groups excluding tert-OH is 1. The van der Waals surface area contributed by atoms with Crippen LogP contribution in [0, 0.1) is 27.9 Å². The van der Waals surface area contributed by atoms with Gasteiger partial charge < -0.3 is 5.11 Å². The highest BCUT2D eigenvalue weighted by molar-refractivity contribution is 5.33. The van der Waals surface area contributed by atoms with E-state index in [4.69, 9.17) is 0 Å². The molecule has 2 saturated carbocycles. The third-order valence-electron chi connectivity index (χ3n) is 4.42. The summed E-state index contributed by atoms with van der Waals surface area (Å²) in [5.74, 6) is 2.19. The first-order valence-corrected chi connectivity index (χ1v) is 6.55. The molecular formula is C14H17NO3. The van der Waals surface area contributed by atoms with E-state index in [2.05, 4.69) is 0 Å². The van der Waals surface area contributed by atoms with E-state index in [0.717, 1.165) is 17.4 Å². The summed E-state index contributed by atoms with van der Waals surface area (Å²) in [5, 5.41) is 20.7. The number of hydrogen-bond donors (Lipinski definition) is 1. The maximum Gasteiger partial charge on any atom is 0.269 e. The minimum absolute atomic E-state index is 0.107. The second-order valence-electron chi connectivity index (χ2n) is 5.68. The third-order valence-corrected chi connectivity index (χ3v) is 4.42. The number of benzene rings is 1. The molecule has 0 radical (unpaired) electrons.